The molecule has 6 nitrogen and oxygen atoms in total. The number of epoxide rings is 2. The molecule has 6 heteroatoms. The predicted octanol–water partition coefficient (Wildman–Crippen LogP) is 1.86. The summed E-state index contributed by atoms with van der Waals surface area (Å²) in [6, 6.07) is 14.9. The van der Waals surface area contributed by atoms with E-state index in [2.05, 4.69) is 0 Å². The zero-order valence-corrected chi connectivity index (χ0v) is 14.3. The molecule has 2 atom stereocenters. The van der Waals surface area contributed by atoms with Crippen LogP contribution in [0.25, 0.3) is 0 Å². The number of ether oxygens (including phenoxy) is 4. The molecule has 0 bridgehead atoms. The summed E-state index contributed by atoms with van der Waals surface area (Å²) in [5.41, 5.74) is 7.31. The Morgan fingerprint density at radius 1 is 0.885 bits per heavy atom. The third-order valence-electron chi connectivity index (χ3n) is 4.39. The van der Waals surface area contributed by atoms with Gasteiger partial charge in [0.15, 0.2) is 0 Å². The van der Waals surface area contributed by atoms with Crippen molar-refractivity contribution in [1.29, 1.82) is 0 Å². The van der Waals surface area contributed by atoms with E-state index in [4.69, 9.17) is 24.7 Å². The Bertz CT molecular complexity index is 691. The molecule has 0 radical (unpaired) electrons. The monoisotopic (exact) mass is 355 g/mol. The van der Waals surface area contributed by atoms with E-state index in [-0.39, 0.29) is 12.2 Å². The van der Waals surface area contributed by atoms with Crippen molar-refractivity contribution in [3.63, 3.8) is 0 Å². The number of primary amides is 1. The number of nitrogens with two attached hydrogens (primary N) is 1. The van der Waals surface area contributed by atoms with E-state index in [0.717, 1.165) is 35.8 Å². The summed E-state index contributed by atoms with van der Waals surface area (Å²) in [5.74, 6) is 0.582. The molecule has 0 spiro atoms. The fourth-order valence-corrected chi connectivity index (χ4v) is 2.74. The smallest absolute Gasteiger partial charge is 0.229 e. The maximum absolute atomic E-state index is 12.0. The first-order chi connectivity index (χ1) is 12.7. The Balaban J connectivity index is 1.44. The second-order valence-corrected chi connectivity index (χ2v) is 6.51. The fraction of sp³-hybridized carbons (Fsp3) is 0.350. The standard InChI is InChI=1S/C20H21NO5/c21-20(22)19(13-1-5-15(6-2-13)23-9-17-11-25-17)14-3-7-16(8-4-14)24-10-18-12-26-18/h1-8,17-19H,9-12H2,(H2,21,22). The van der Waals surface area contributed by atoms with Crippen molar-refractivity contribution in [2.24, 2.45) is 5.73 Å². The normalized spacial score (nSPS) is 21.7. The average molecular weight is 355 g/mol. The van der Waals surface area contributed by atoms with Crippen LogP contribution < -0.4 is 15.2 Å². The van der Waals surface area contributed by atoms with Crippen LogP contribution in [0.3, 0.4) is 0 Å². The van der Waals surface area contributed by atoms with Crippen LogP contribution in [0.5, 0.6) is 11.5 Å². The van der Waals surface area contributed by atoms with Crippen molar-refractivity contribution in [3.8, 4) is 11.5 Å². The lowest BCUT2D eigenvalue weighted by Crippen LogP contribution is -2.22. The van der Waals surface area contributed by atoms with Crippen molar-refractivity contribution in [1.82, 2.24) is 0 Å². The number of rotatable bonds is 9. The average Bonchev–Trinajstić information content (AvgIpc) is 3.55. The molecule has 0 aromatic heterocycles. The molecule has 2 saturated heterocycles. The summed E-state index contributed by atoms with van der Waals surface area (Å²) >= 11 is 0. The topological polar surface area (TPSA) is 86.6 Å². The van der Waals surface area contributed by atoms with Crippen LogP contribution in [-0.2, 0) is 14.3 Å². The SMILES string of the molecule is NC(=O)C(c1ccc(OCC2CO2)cc1)c1ccc(OCC2CO2)cc1. The zero-order chi connectivity index (χ0) is 17.9. The number of amides is 1. The molecular weight excluding hydrogens is 334 g/mol. The molecule has 2 N–H and O–H groups in total. The van der Waals surface area contributed by atoms with Crippen LogP contribution in [0.15, 0.2) is 48.5 Å². The van der Waals surface area contributed by atoms with Gasteiger partial charge in [-0.25, -0.2) is 0 Å². The summed E-state index contributed by atoms with van der Waals surface area (Å²) in [7, 11) is 0. The lowest BCUT2D eigenvalue weighted by Gasteiger charge is -2.16. The third kappa shape index (κ3) is 4.33. The first-order valence-electron chi connectivity index (χ1n) is 8.67. The third-order valence-corrected chi connectivity index (χ3v) is 4.39. The van der Waals surface area contributed by atoms with Gasteiger partial charge in [-0.05, 0) is 35.4 Å². The van der Waals surface area contributed by atoms with Gasteiger partial charge in [0.05, 0.1) is 19.1 Å². The molecule has 2 aromatic carbocycles. The van der Waals surface area contributed by atoms with E-state index in [9.17, 15) is 4.79 Å². The molecule has 4 rings (SSSR count). The molecule has 2 aliphatic heterocycles. The van der Waals surface area contributed by atoms with Gasteiger partial charge in [0.1, 0.15) is 36.9 Å². The van der Waals surface area contributed by atoms with Gasteiger partial charge in [-0.1, -0.05) is 24.3 Å². The lowest BCUT2D eigenvalue weighted by molar-refractivity contribution is -0.118. The largest absolute Gasteiger partial charge is 0.491 e. The summed E-state index contributed by atoms with van der Waals surface area (Å²) in [6.07, 6.45) is 0.417. The summed E-state index contributed by atoms with van der Waals surface area (Å²) in [4.78, 5) is 12.0. The highest BCUT2D eigenvalue weighted by molar-refractivity contribution is 5.85. The fourth-order valence-electron chi connectivity index (χ4n) is 2.74. The van der Waals surface area contributed by atoms with Crippen molar-refractivity contribution in [3.05, 3.63) is 59.7 Å². The van der Waals surface area contributed by atoms with Gasteiger partial charge >= 0.3 is 0 Å². The zero-order valence-electron chi connectivity index (χ0n) is 14.3. The Morgan fingerprint density at radius 2 is 1.27 bits per heavy atom. The van der Waals surface area contributed by atoms with Crippen molar-refractivity contribution < 1.29 is 23.7 Å². The minimum atomic E-state index is -0.517. The molecule has 2 aliphatic rings. The van der Waals surface area contributed by atoms with Crippen LogP contribution >= 0.6 is 0 Å². The molecule has 2 fully saturated rings. The van der Waals surface area contributed by atoms with E-state index in [1.54, 1.807) is 0 Å². The predicted molar refractivity (Wildman–Crippen MR) is 94.4 cm³/mol. The van der Waals surface area contributed by atoms with Crippen LogP contribution in [-0.4, -0.2) is 44.5 Å². The number of carbonyl (C=O) groups is 1. The van der Waals surface area contributed by atoms with E-state index in [0.29, 0.717) is 13.2 Å². The van der Waals surface area contributed by atoms with Gasteiger partial charge in [-0.3, -0.25) is 4.79 Å². The molecule has 136 valence electrons. The number of carbonyl (C=O) groups excluding carboxylic acids is 1. The van der Waals surface area contributed by atoms with Gasteiger partial charge in [-0.15, -0.1) is 0 Å². The molecular formula is C20H21NO5. The van der Waals surface area contributed by atoms with Crippen molar-refractivity contribution >= 4 is 5.91 Å². The Labute approximate surface area is 151 Å². The van der Waals surface area contributed by atoms with Crippen LogP contribution in [0, 0.1) is 0 Å². The highest BCUT2D eigenvalue weighted by Crippen LogP contribution is 2.28. The second-order valence-electron chi connectivity index (χ2n) is 6.51. The van der Waals surface area contributed by atoms with E-state index >= 15 is 0 Å². The molecule has 2 heterocycles. The first kappa shape index (κ1) is 16.9. The maximum atomic E-state index is 12.0. The van der Waals surface area contributed by atoms with Gasteiger partial charge in [0, 0.05) is 0 Å². The molecule has 0 saturated carbocycles. The Kier molecular flexibility index (Phi) is 4.77. The number of benzene rings is 2. The Hall–Kier alpha value is -2.57. The summed E-state index contributed by atoms with van der Waals surface area (Å²) in [6.45, 7) is 2.61. The molecule has 1 amide bonds. The highest BCUT2D eigenvalue weighted by atomic mass is 16.6. The number of hydrogen-bond acceptors (Lipinski definition) is 5. The van der Waals surface area contributed by atoms with Crippen molar-refractivity contribution in [2.75, 3.05) is 26.4 Å². The van der Waals surface area contributed by atoms with E-state index in [1.807, 2.05) is 48.5 Å². The van der Waals surface area contributed by atoms with Crippen molar-refractivity contribution in [2.45, 2.75) is 18.1 Å². The molecule has 26 heavy (non-hydrogen) atoms. The molecule has 2 unspecified atom stereocenters. The quantitative estimate of drug-likeness (QED) is 0.694. The van der Waals surface area contributed by atoms with Gasteiger partial charge in [-0.2, -0.15) is 0 Å². The van der Waals surface area contributed by atoms with Crippen LogP contribution in [0.1, 0.15) is 17.0 Å². The second kappa shape index (κ2) is 7.35. The van der Waals surface area contributed by atoms with Crippen LogP contribution in [0.2, 0.25) is 0 Å². The minimum Gasteiger partial charge on any atom is -0.491 e. The van der Waals surface area contributed by atoms with E-state index in [1.165, 1.54) is 0 Å². The minimum absolute atomic E-state index is 0.209. The van der Waals surface area contributed by atoms with E-state index < -0.39 is 11.8 Å². The molecule has 2 aromatic rings. The highest BCUT2D eigenvalue weighted by Gasteiger charge is 2.24. The molecule has 0 aliphatic carbocycles. The summed E-state index contributed by atoms with van der Waals surface area (Å²) in [5, 5.41) is 0. The summed E-state index contributed by atoms with van der Waals surface area (Å²) < 4.78 is 21.5. The van der Waals surface area contributed by atoms with Gasteiger partial charge in [0.2, 0.25) is 5.91 Å². The van der Waals surface area contributed by atoms with Crippen LogP contribution in [0.4, 0.5) is 0 Å². The van der Waals surface area contributed by atoms with Gasteiger partial charge in [0.25, 0.3) is 0 Å². The first-order valence-corrected chi connectivity index (χ1v) is 8.67. The van der Waals surface area contributed by atoms with Gasteiger partial charge < -0.3 is 24.7 Å². The lowest BCUT2D eigenvalue weighted by atomic mass is 9.90. The Morgan fingerprint density at radius 3 is 1.58 bits per heavy atom. The maximum Gasteiger partial charge on any atom is 0.229 e. The number of hydrogen-bond donors (Lipinski definition) is 1.